The van der Waals surface area contributed by atoms with Gasteiger partial charge in [0, 0.05) is 4.90 Å². The topological polar surface area (TPSA) is 90.2 Å². The highest BCUT2D eigenvalue weighted by molar-refractivity contribution is 7.99. The van der Waals surface area contributed by atoms with Gasteiger partial charge < -0.3 is 25.2 Å². The van der Waals surface area contributed by atoms with E-state index in [0.29, 0.717) is 14.9 Å². The summed E-state index contributed by atoms with van der Waals surface area (Å²) in [5.74, 6) is 0. The number of rotatable bonds is 3. The van der Waals surface area contributed by atoms with Gasteiger partial charge in [-0.1, -0.05) is 35.0 Å². The van der Waals surface area contributed by atoms with Crippen LogP contribution in [-0.4, -0.2) is 56.9 Å². The van der Waals surface area contributed by atoms with E-state index in [1.165, 1.54) is 0 Å². The van der Waals surface area contributed by atoms with E-state index in [1.807, 2.05) is 0 Å². The molecule has 20 heavy (non-hydrogen) atoms. The van der Waals surface area contributed by atoms with Crippen molar-refractivity contribution in [2.24, 2.45) is 0 Å². The van der Waals surface area contributed by atoms with E-state index in [9.17, 15) is 15.3 Å². The first-order valence-electron chi connectivity index (χ1n) is 5.86. The third-order valence-corrected chi connectivity index (χ3v) is 4.88. The molecular weight excluding hydrogens is 327 g/mol. The molecule has 0 amide bonds. The Bertz CT molecular complexity index is 473. The van der Waals surface area contributed by atoms with Gasteiger partial charge >= 0.3 is 0 Å². The lowest BCUT2D eigenvalue weighted by Gasteiger charge is -2.39. The summed E-state index contributed by atoms with van der Waals surface area (Å²) in [6.07, 6.45) is -4.96. The van der Waals surface area contributed by atoms with Crippen molar-refractivity contribution in [3.8, 4) is 0 Å². The largest absolute Gasteiger partial charge is 0.394 e. The molecule has 1 aliphatic rings. The van der Waals surface area contributed by atoms with Crippen LogP contribution in [0, 0.1) is 0 Å². The Morgan fingerprint density at radius 1 is 1.05 bits per heavy atom. The van der Waals surface area contributed by atoms with Gasteiger partial charge in [-0.05, 0) is 18.2 Å². The quantitative estimate of drug-likeness (QED) is 0.653. The second-order valence-corrected chi connectivity index (χ2v) is 6.38. The fourth-order valence-electron chi connectivity index (χ4n) is 1.85. The molecule has 2 rings (SSSR count). The smallest absolute Gasteiger partial charge is 0.136 e. The maximum atomic E-state index is 9.91. The number of thioether (sulfide) groups is 1. The molecule has 0 bridgehead atoms. The van der Waals surface area contributed by atoms with Gasteiger partial charge in [0.15, 0.2) is 0 Å². The van der Waals surface area contributed by atoms with Crippen molar-refractivity contribution >= 4 is 35.0 Å². The monoisotopic (exact) mass is 340 g/mol. The standard InChI is InChI=1S/C12H14Cl2O5S/c13-6-2-1-5(3-7(6)14)20-12-11(18)10(17)9(16)8(4-15)19-12/h1-3,8-12,15-18H,4H2/t8?,9-,10?,11?,12+/m0/s1. The predicted molar refractivity (Wildman–Crippen MR) is 76.1 cm³/mol. The van der Waals surface area contributed by atoms with Crippen LogP contribution in [-0.2, 0) is 4.74 Å². The average Bonchev–Trinajstić information content (AvgIpc) is 2.43. The lowest BCUT2D eigenvalue weighted by molar-refractivity contribution is -0.205. The highest BCUT2D eigenvalue weighted by atomic mass is 35.5. The predicted octanol–water partition coefficient (Wildman–Crippen LogP) is 0.885. The summed E-state index contributed by atoms with van der Waals surface area (Å²) >= 11 is 12.8. The molecule has 112 valence electrons. The van der Waals surface area contributed by atoms with Gasteiger partial charge in [0.05, 0.1) is 16.7 Å². The number of halogens is 2. The second-order valence-electron chi connectivity index (χ2n) is 4.39. The van der Waals surface area contributed by atoms with Crippen molar-refractivity contribution in [2.75, 3.05) is 6.61 Å². The van der Waals surface area contributed by atoms with Gasteiger partial charge in [-0.15, -0.1) is 0 Å². The van der Waals surface area contributed by atoms with E-state index in [-0.39, 0.29) is 0 Å². The minimum absolute atomic E-state index is 0.362. The normalized spacial score (nSPS) is 34.2. The van der Waals surface area contributed by atoms with Crippen molar-refractivity contribution in [1.29, 1.82) is 0 Å². The van der Waals surface area contributed by atoms with Crippen molar-refractivity contribution < 1.29 is 25.2 Å². The van der Waals surface area contributed by atoms with E-state index >= 15 is 0 Å². The van der Waals surface area contributed by atoms with E-state index in [2.05, 4.69) is 0 Å². The zero-order chi connectivity index (χ0) is 14.9. The molecule has 8 heteroatoms. The Labute approximate surface area is 130 Å². The van der Waals surface area contributed by atoms with Crippen LogP contribution < -0.4 is 0 Å². The molecule has 3 unspecified atom stereocenters. The van der Waals surface area contributed by atoms with Gasteiger partial charge in [-0.2, -0.15) is 0 Å². The molecule has 0 spiro atoms. The van der Waals surface area contributed by atoms with Crippen LogP contribution in [0.25, 0.3) is 0 Å². The third kappa shape index (κ3) is 3.40. The summed E-state index contributed by atoms with van der Waals surface area (Å²) in [6.45, 7) is -0.455. The van der Waals surface area contributed by atoms with Gasteiger partial charge in [0.1, 0.15) is 29.9 Å². The van der Waals surface area contributed by atoms with Crippen LogP contribution in [0.4, 0.5) is 0 Å². The first kappa shape index (κ1) is 16.3. The molecular formula is C12H14Cl2O5S. The fourth-order valence-corrected chi connectivity index (χ4v) is 3.31. The lowest BCUT2D eigenvalue weighted by Crippen LogP contribution is -2.57. The van der Waals surface area contributed by atoms with Crippen LogP contribution in [0.1, 0.15) is 0 Å². The van der Waals surface area contributed by atoms with Gasteiger partial charge in [0.25, 0.3) is 0 Å². The molecule has 1 aromatic rings. The summed E-state index contributed by atoms with van der Waals surface area (Å²) in [4.78, 5) is 0.684. The number of aliphatic hydroxyl groups excluding tert-OH is 4. The first-order valence-corrected chi connectivity index (χ1v) is 7.50. The number of aliphatic hydroxyl groups is 4. The molecule has 0 aliphatic carbocycles. The highest BCUT2D eigenvalue weighted by Crippen LogP contribution is 2.35. The Morgan fingerprint density at radius 3 is 2.35 bits per heavy atom. The maximum absolute atomic E-state index is 9.91. The van der Waals surface area contributed by atoms with E-state index in [0.717, 1.165) is 11.8 Å². The Kier molecular flexibility index (Phi) is 5.56. The molecule has 4 N–H and O–H groups in total. The minimum Gasteiger partial charge on any atom is -0.394 e. The van der Waals surface area contributed by atoms with Crippen molar-refractivity contribution in [1.82, 2.24) is 0 Å². The maximum Gasteiger partial charge on any atom is 0.136 e. The summed E-state index contributed by atoms with van der Waals surface area (Å²) in [6, 6.07) is 4.91. The summed E-state index contributed by atoms with van der Waals surface area (Å²) < 4.78 is 5.38. The van der Waals surface area contributed by atoms with Gasteiger partial charge in [-0.3, -0.25) is 0 Å². The Hall–Kier alpha value is -0.0500. The third-order valence-electron chi connectivity index (χ3n) is 2.99. The number of benzene rings is 1. The first-order chi connectivity index (χ1) is 9.43. The van der Waals surface area contributed by atoms with Crippen LogP contribution in [0.15, 0.2) is 23.1 Å². The molecule has 1 aromatic carbocycles. The zero-order valence-electron chi connectivity index (χ0n) is 10.2. The molecule has 1 heterocycles. The molecule has 5 nitrogen and oxygen atoms in total. The van der Waals surface area contributed by atoms with Crippen LogP contribution in [0.3, 0.4) is 0 Å². The Balaban J connectivity index is 2.13. The second kappa shape index (κ2) is 6.81. The number of hydrogen-bond acceptors (Lipinski definition) is 6. The summed E-state index contributed by atoms with van der Waals surface area (Å²) in [7, 11) is 0. The molecule has 1 saturated heterocycles. The van der Waals surface area contributed by atoms with E-state index in [1.54, 1.807) is 18.2 Å². The SMILES string of the molecule is OCC1O[C@H](Sc2ccc(Cl)c(Cl)c2)C(O)C(O)[C@H]1O. The van der Waals surface area contributed by atoms with Crippen molar-refractivity contribution in [2.45, 2.75) is 34.7 Å². The van der Waals surface area contributed by atoms with Crippen LogP contribution >= 0.6 is 35.0 Å². The minimum atomic E-state index is -1.39. The number of ether oxygens (including phenoxy) is 1. The molecule has 0 aromatic heterocycles. The van der Waals surface area contributed by atoms with Gasteiger partial charge in [-0.25, -0.2) is 0 Å². The van der Waals surface area contributed by atoms with E-state index in [4.69, 9.17) is 33.0 Å². The molecule has 1 aliphatic heterocycles. The Morgan fingerprint density at radius 2 is 1.75 bits per heavy atom. The molecule has 1 fully saturated rings. The van der Waals surface area contributed by atoms with E-state index < -0.39 is 36.5 Å². The zero-order valence-corrected chi connectivity index (χ0v) is 12.5. The van der Waals surface area contributed by atoms with Crippen LogP contribution in [0.5, 0.6) is 0 Å². The van der Waals surface area contributed by atoms with Crippen LogP contribution in [0.2, 0.25) is 10.0 Å². The highest BCUT2D eigenvalue weighted by Gasteiger charge is 2.43. The average molecular weight is 341 g/mol. The number of hydrogen-bond donors (Lipinski definition) is 4. The molecule has 5 atom stereocenters. The van der Waals surface area contributed by atoms with Crippen molar-refractivity contribution in [3.05, 3.63) is 28.2 Å². The molecule has 0 saturated carbocycles. The lowest BCUT2D eigenvalue weighted by atomic mass is 10.0. The fraction of sp³-hybridized carbons (Fsp3) is 0.500. The molecule has 0 radical (unpaired) electrons. The summed E-state index contributed by atoms with van der Waals surface area (Å²) in [5.41, 5.74) is -0.831. The van der Waals surface area contributed by atoms with Gasteiger partial charge in [0.2, 0.25) is 0 Å². The van der Waals surface area contributed by atoms with Crippen molar-refractivity contribution in [3.63, 3.8) is 0 Å². The summed E-state index contributed by atoms with van der Waals surface area (Å²) in [5, 5.41) is 39.2.